The van der Waals surface area contributed by atoms with Gasteiger partial charge in [-0.2, -0.15) is 0 Å². The molecule has 0 aliphatic carbocycles. The van der Waals surface area contributed by atoms with Crippen LogP contribution in [0.4, 0.5) is 0 Å². The van der Waals surface area contributed by atoms with E-state index in [1.165, 1.54) is 0 Å². The molecule has 2 rings (SSSR count). The first-order chi connectivity index (χ1) is 6.75. The van der Waals surface area contributed by atoms with Crippen LogP contribution in [0.1, 0.15) is 6.92 Å². The zero-order valence-electron chi connectivity index (χ0n) is 7.90. The Hall–Kier alpha value is -1.42. The van der Waals surface area contributed by atoms with Crippen LogP contribution in [0.5, 0.6) is 17.2 Å². The van der Waals surface area contributed by atoms with Crippen molar-refractivity contribution in [2.24, 2.45) is 0 Å². The predicted octanol–water partition coefficient (Wildman–Crippen LogP) is 1.17. The van der Waals surface area contributed by atoms with E-state index in [4.69, 9.17) is 19.3 Å². The fraction of sp³-hybridized carbons (Fsp3) is 0.400. The molecule has 0 saturated heterocycles. The summed E-state index contributed by atoms with van der Waals surface area (Å²) in [4.78, 5) is 0. The lowest BCUT2D eigenvalue weighted by Gasteiger charge is -2.08. The van der Waals surface area contributed by atoms with Crippen LogP contribution in [-0.4, -0.2) is 24.6 Å². The largest absolute Gasteiger partial charge is 0.491 e. The van der Waals surface area contributed by atoms with Gasteiger partial charge in [-0.15, -0.1) is 0 Å². The zero-order chi connectivity index (χ0) is 9.97. The first-order valence-corrected chi connectivity index (χ1v) is 4.46. The number of aliphatic hydroxyl groups excluding tert-OH is 1. The molecule has 0 fully saturated rings. The Labute approximate surface area is 82.0 Å². The molecular formula is C10H12O4. The van der Waals surface area contributed by atoms with Gasteiger partial charge in [0, 0.05) is 6.07 Å². The molecule has 4 heteroatoms. The highest BCUT2D eigenvalue weighted by molar-refractivity contribution is 5.46. The van der Waals surface area contributed by atoms with Gasteiger partial charge in [-0.1, -0.05) is 0 Å². The summed E-state index contributed by atoms with van der Waals surface area (Å²) in [7, 11) is 0. The summed E-state index contributed by atoms with van der Waals surface area (Å²) in [5.41, 5.74) is 0. The van der Waals surface area contributed by atoms with Gasteiger partial charge in [0.15, 0.2) is 11.5 Å². The van der Waals surface area contributed by atoms with Crippen LogP contribution in [0.15, 0.2) is 18.2 Å². The van der Waals surface area contributed by atoms with Crippen LogP contribution in [0, 0.1) is 0 Å². The van der Waals surface area contributed by atoms with Crippen molar-refractivity contribution < 1.29 is 19.3 Å². The number of benzene rings is 1. The van der Waals surface area contributed by atoms with E-state index in [1.807, 2.05) is 0 Å². The summed E-state index contributed by atoms with van der Waals surface area (Å²) < 4.78 is 15.6. The summed E-state index contributed by atoms with van der Waals surface area (Å²) in [6.45, 7) is 2.21. The molecule has 1 heterocycles. The van der Waals surface area contributed by atoms with Gasteiger partial charge in [-0.05, 0) is 19.1 Å². The number of rotatable bonds is 3. The van der Waals surface area contributed by atoms with Gasteiger partial charge in [-0.25, -0.2) is 0 Å². The summed E-state index contributed by atoms with van der Waals surface area (Å²) in [6.07, 6.45) is -0.472. The van der Waals surface area contributed by atoms with Gasteiger partial charge in [0.2, 0.25) is 6.79 Å². The molecular weight excluding hydrogens is 184 g/mol. The summed E-state index contributed by atoms with van der Waals surface area (Å²) >= 11 is 0. The van der Waals surface area contributed by atoms with Crippen molar-refractivity contribution in [2.75, 3.05) is 13.4 Å². The number of aliphatic hydroxyl groups is 1. The zero-order valence-corrected chi connectivity index (χ0v) is 7.90. The van der Waals surface area contributed by atoms with Crippen molar-refractivity contribution >= 4 is 0 Å². The Morgan fingerprint density at radius 3 is 3.00 bits per heavy atom. The third kappa shape index (κ3) is 1.90. The van der Waals surface area contributed by atoms with Crippen molar-refractivity contribution in [1.29, 1.82) is 0 Å². The number of fused-ring (bicyclic) bond motifs is 1. The van der Waals surface area contributed by atoms with Crippen LogP contribution in [-0.2, 0) is 0 Å². The topological polar surface area (TPSA) is 47.9 Å². The predicted molar refractivity (Wildman–Crippen MR) is 49.7 cm³/mol. The van der Waals surface area contributed by atoms with Crippen LogP contribution in [0.2, 0.25) is 0 Å². The maximum absolute atomic E-state index is 9.03. The Morgan fingerprint density at radius 1 is 1.43 bits per heavy atom. The Bertz CT molecular complexity index is 322. The van der Waals surface area contributed by atoms with Crippen molar-refractivity contribution in [2.45, 2.75) is 13.0 Å². The molecule has 1 aliphatic heterocycles. The highest BCUT2D eigenvalue weighted by Crippen LogP contribution is 2.34. The lowest BCUT2D eigenvalue weighted by molar-refractivity contribution is 0.122. The fourth-order valence-corrected chi connectivity index (χ4v) is 1.18. The molecule has 1 aliphatic rings. The molecule has 1 atom stereocenters. The van der Waals surface area contributed by atoms with Gasteiger partial charge >= 0.3 is 0 Å². The van der Waals surface area contributed by atoms with E-state index in [0.29, 0.717) is 11.5 Å². The van der Waals surface area contributed by atoms with Gasteiger partial charge in [-0.3, -0.25) is 0 Å². The van der Waals surface area contributed by atoms with Crippen LogP contribution >= 0.6 is 0 Å². The average molecular weight is 196 g/mol. The molecule has 0 amide bonds. The van der Waals surface area contributed by atoms with E-state index in [1.54, 1.807) is 25.1 Å². The Kier molecular flexibility index (Phi) is 2.45. The van der Waals surface area contributed by atoms with Crippen LogP contribution < -0.4 is 14.2 Å². The maximum Gasteiger partial charge on any atom is 0.231 e. The molecule has 1 unspecified atom stereocenters. The first-order valence-electron chi connectivity index (χ1n) is 4.46. The SMILES string of the molecule is CC(O)COc1ccc2c(c1)OCO2. The quantitative estimate of drug-likeness (QED) is 0.788. The highest BCUT2D eigenvalue weighted by Gasteiger charge is 2.13. The second kappa shape index (κ2) is 3.75. The van der Waals surface area contributed by atoms with E-state index in [2.05, 4.69) is 0 Å². The van der Waals surface area contributed by atoms with Crippen molar-refractivity contribution in [3.8, 4) is 17.2 Å². The van der Waals surface area contributed by atoms with Gasteiger partial charge in [0.25, 0.3) is 0 Å². The maximum atomic E-state index is 9.03. The van der Waals surface area contributed by atoms with E-state index >= 15 is 0 Å². The lowest BCUT2D eigenvalue weighted by atomic mass is 10.3. The fourth-order valence-electron chi connectivity index (χ4n) is 1.18. The molecule has 4 nitrogen and oxygen atoms in total. The molecule has 1 aromatic carbocycles. The lowest BCUT2D eigenvalue weighted by Crippen LogP contribution is -2.12. The molecule has 0 radical (unpaired) electrons. The molecule has 1 aromatic rings. The minimum atomic E-state index is -0.472. The van der Waals surface area contributed by atoms with Crippen molar-refractivity contribution in [3.63, 3.8) is 0 Å². The molecule has 1 N–H and O–H groups in total. The van der Waals surface area contributed by atoms with Gasteiger partial charge < -0.3 is 19.3 Å². The molecule has 76 valence electrons. The monoisotopic (exact) mass is 196 g/mol. The summed E-state index contributed by atoms with van der Waals surface area (Å²) in [5, 5.41) is 9.03. The third-order valence-corrected chi connectivity index (χ3v) is 1.84. The Morgan fingerprint density at radius 2 is 2.21 bits per heavy atom. The molecule has 0 saturated carbocycles. The molecule has 0 aromatic heterocycles. The number of hydrogen-bond donors (Lipinski definition) is 1. The highest BCUT2D eigenvalue weighted by atomic mass is 16.7. The van der Waals surface area contributed by atoms with Crippen LogP contribution in [0.3, 0.4) is 0 Å². The standard InChI is InChI=1S/C10H12O4/c1-7(11)5-12-8-2-3-9-10(4-8)14-6-13-9/h2-4,7,11H,5-6H2,1H3. The summed E-state index contributed by atoms with van der Waals surface area (Å²) in [5.74, 6) is 2.10. The van der Waals surface area contributed by atoms with Crippen LogP contribution in [0.25, 0.3) is 0 Å². The molecule has 14 heavy (non-hydrogen) atoms. The van der Waals surface area contributed by atoms with Crippen molar-refractivity contribution in [1.82, 2.24) is 0 Å². The number of ether oxygens (including phenoxy) is 3. The number of hydrogen-bond acceptors (Lipinski definition) is 4. The third-order valence-electron chi connectivity index (χ3n) is 1.84. The minimum absolute atomic E-state index is 0.259. The van der Waals surface area contributed by atoms with Gasteiger partial charge in [0.05, 0.1) is 6.10 Å². The second-order valence-electron chi connectivity index (χ2n) is 3.18. The minimum Gasteiger partial charge on any atom is -0.491 e. The van der Waals surface area contributed by atoms with E-state index in [9.17, 15) is 0 Å². The Balaban J connectivity index is 2.05. The normalized spacial score (nSPS) is 15.3. The molecule has 0 spiro atoms. The van der Waals surface area contributed by atoms with E-state index in [-0.39, 0.29) is 13.4 Å². The summed E-state index contributed by atoms with van der Waals surface area (Å²) in [6, 6.07) is 5.33. The second-order valence-corrected chi connectivity index (χ2v) is 3.18. The first kappa shape index (κ1) is 9.15. The smallest absolute Gasteiger partial charge is 0.231 e. The van der Waals surface area contributed by atoms with E-state index in [0.717, 1.165) is 5.75 Å². The average Bonchev–Trinajstić information content (AvgIpc) is 2.61. The van der Waals surface area contributed by atoms with Crippen molar-refractivity contribution in [3.05, 3.63) is 18.2 Å². The molecule has 0 bridgehead atoms. The van der Waals surface area contributed by atoms with Gasteiger partial charge in [0.1, 0.15) is 12.4 Å². The van der Waals surface area contributed by atoms with E-state index < -0.39 is 6.10 Å².